The summed E-state index contributed by atoms with van der Waals surface area (Å²) in [7, 11) is -3.77. The number of benzene rings is 1. The van der Waals surface area contributed by atoms with Gasteiger partial charge in [0.2, 0.25) is 10.0 Å². The topological polar surface area (TPSA) is 80.5 Å². The molecule has 1 saturated heterocycles. The van der Waals surface area contributed by atoms with Crippen LogP contribution in [-0.4, -0.2) is 37.6 Å². The maximum atomic E-state index is 12.8. The summed E-state index contributed by atoms with van der Waals surface area (Å²) >= 11 is 0. The van der Waals surface area contributed by atoms with E-state index in [4.69, 9.17) is 5.73 Å². The molecule has 0 bridgehead atoms. The molecule has 1 fully saturated rings. The van der Waals surface area contributed by atoms with Crippen LogP contribution in [0, 0.1) is 5.82 Å². The van der Waals surface area contributed by atoms with Crippen LogP contribution in [-0.2, 0) is 14.8 Å². The Morgan fingerprint density at radius 1 is 1.26 bits per heavy atom. The van der Waals surface area contributed by atoms with E-state index in [1.807, 2.05) is 0 Å². The number of halogens is 1. The van der Waals surface area contributed by atoms with Gasteiger partial charge in [-0.2, -0.15) is 4.31 Å². The minimum absolute atomic E-state index is 0.0165. The molecule has 1 aromatic rings. The third kappa shape index (κ3) is 2.99. The van der Waals surface area contributed by atoms with Crippen LogP contribution in [0.5, 0.6) is 0 Å². The zero-order valence-electron chi connectivity index (χ0n) is 10.3. The summed E-state index contributed by atoms with van der Waals surface area (Å²) in [6.07, 6.45) is 1.02. The van der Waals surface area contributed by atoms with Crippen molar-refractivity contribution in [3.63, 3.8) is 0 Å². The normalized spacial score (nSPS) is 22.2. The Bertz CT molecular complexity index is 571. The summed E-state index contributed by atoms with van der Waals surface area (Å²) in [5.74, 6) is -0.795. The number of nitrogens with zero attached hydrogens (tertiary/aromatic N) is 1. The molecule has 104 valence electrons. The Balaban J connectivity index is 2.28. The van der Waals surface area contributed by atoms with Gasteiger partial charge in [-0.1, -0.05) is 0 Å². The van der Waals surface area contributed by atoms with Crippen LogP contribution in [0.2, 0.25) is 0 Å². The molecule has 1 aliphatic heterocycles. The maximum absolute atomic E-state index is 12.8. The minimum atomic E-state index is -3.77. The Labute approximate surface area is 111 Å². The molecule has 1 aliphatic rings. The van der Waals surface area contributed by atoms with Gasteiger partial charge in [-0.05, 0) is 37.1 Å². The number of hydrogen-bond acceptors (Lipinski definition) is 4. The molecule has 0 saturated carbocycles. The van der Waals surface area contributed by atoms with Gasteiger partial charge in [0.05, 0.1) is 17.5 Å². The first-order valence-corrected chi connectivity index (χ1v) is 7.39. The van der Waals surface area contributed by atoms with Crippen LogP contribution in [0.3, 0.4) is 0 Å². The number of sulfonamides is 1. The zero-order chi connectivity index (χ0) is 14.0. The molecule has 0 spiro atoms. The minimum Gasteiger partial charge on any atom is -0.321 e. The fraction of sp³-hybridized carbons (Fsp3) is 0.417. The van der Waals surface area contributed by atoms with Gasteiger partial charge >= 0.3 is 0 Å². The molecule has 2 rings (SSSR count). The van der Waals surface area contributed by atoms with E-state index in [0.717, 1.165) is 16.4 Å². The van der Waals surface area contributed by atoms with Crippen molar-refractivity contribution in [2.45, 2.75) is 23.8 Å². The second-order valence-corrected chi connectivity index (χ2v) is 6.45. The van der Waals surface area contributed by atoms with Crippen LogP contribution < -0.4 is 5.73 Å². The summed E-state index contributed by atoms with van der Waals surface area (Å²) in [5.41, 5.74) is 5.62. The van der Waals surface area contributed by atoms with E-state index in [0.29, 0.717) is 12.8 Å². The van der Waals surface area contributed by atoms with Crippen LogP contribution >= 0.6 is 0 Å². The molecule has 0 amide bonds. The zero-order valence-corrected chi connectivity index (χ0v) is 11.1. The third-order valence-electron chi connectivity index (χ3n) is 3.12. The molecule has 1 aromatic carbocycles. The van der Waals surface area contributed by atoms with Crippen LogP contribution in [0.4, 0.5) is 4.39 Å². The van der Waals surface area contributed by atoms with Crippen molar-refractivity contribution >= 4 is 15.8 Å². The standard InChI is InChI=1S/C12H15FN2O3S/c13-9-3-5-10(6-4-9)19(17,18)15-7-1-2-11(14)12(16)8-15/h3-6,11H,1-2,7-8,14H2. The van der Waals surface area contributed by atoms with Crippen molar-refractivity contribution < 1.29 is 17.6 Å². The molecular weight excluding hydrogens is 271 g/mol. The maximum Gasteiger partial charge on any atom is 0.243 e. The molecular formula is C12H15FN2O3S. The fourth-order valence-corrected chi connectivity index (χ4v) is 3.42. The van der Waals surface area contributed by atoms with Gasteiger partial charge in [-0.25, -0.2) is 12.8 Å². The SMILES string of the molecule is NC1CCCN(S(=O)(=O)c2ccc(F)cc2)CC1=O. The van der Waals surface area contributed by atoms with Crippen molar-refractivity contribution in [3.05, 3.63) is 30.1 Å². The fourth-order valence-electron chi connectivity index (χ4n) is 1.98. The Morgan fingerprint density at radius 3 is 2.53 bits per heavy atom. The van der Waals surface area contributed by atoms with Gasteiger partial charge in [-0.15, -0.1) is 0 Å². The lowest BCUT2D eigenvalue weighted by molar-refractivity contribution is -0.120. The van der Waals surface area contributed by atoms with E-state index < -0.39 is 21.9 Å². The smallest absolute Gasteiger partial charge is 0.243 e. The lowest BCUT2D eigenvalue weighted by atomic mass is 10.1. The van der Waals surface area contributed by atoms with Gasteiger partial charge in [0.25, 0.3) is 0 Å². The highest BCUT2D eigenvalue weighted by molar-refractivity contribution is 7.89. The molecule has 1 atom stereocenters. The van der Waals surface area contributed by atoms with E-state index in [1.54, 1.807) is 0 Å². The second kappa shape index (κ2) is 5.36. The number of carbonyl (C=O) groups excluding carboxylic acids is 1. The Hall–Kier alpha value is -1.31. The summed E-state index contributed by atoms with van der Waals surface area (Å²) in [6, 6.07) is 3.95. The Morgan fingerprint density at radius 2 is 1.89 bits per heavy atom. The number of ketones is 1. The molecule has 0 aromatic heterocycles. The van der Waals surface area contributed by atoms with E-state index in [1.165, 1.54) is 12.1 Å². The number of carbonyl (C=O) groups is 1. The summed E-state index contributed by atoms with van der Waals surface area (Å²) in [4.78, 5) is 11.6. The van der Waals surface area contributed by atoms with E-state index in [-0.39, 0.29) is 23.8 Å². The molecule has 19 heavy (non-hydrogen) atoms. The quantitative estimate of drug-likeness (QED) is 0.859. The van der Waals surface area contributed by atoms with Gasteiger partial charge in [0.15, 0.2) is 5.78 Å². The highest BCUT2D eigenvalue weighted by Gasteiger charge is 2.30. The molecule has 0 radical (unpaired) electrons. The summed E-state index contributed by atoms with van der Waals surface area (Å²) in [5, 5.41) is 0. The lowest BCUT2D eigenvalue weighted by Crippen LogP contribution is -2.39. The van der Waals surface area contributed by atoms with E-state index in [9.17, 15) is 17.6 Å². The first kappa shape index (κ1) is 14.1. The number of hydrogen-bond donors (Lipinski definition) is 1. The summed E-state index contributed by atoms with van der Waals surface area (Å²) < 4.78 is 38.6. The van der Waals surface area contributed by atoms with Crippen LogP contribution in [0.1, 0.15) is 12.8 Å². The summed E-state index contributed by atoms with van der Waals surface area (Å²) in [6.45, 7) is 0.0278. The average Bonchev–Trinajstić information content (AvgIpc) is 2.53. The molecule has 1 unspecified atom stereocenters. The Kier molecular flexibility index (Phi) is 3.98. The molecule has 2 N–H and O–H groups in total. The van der Waals surface area contributed by atoms with Crippen molar-refractivity contribution in [3.8, 4) is 0 Å². The van der Waals surface area contributed by atoms with Crippen molar-refractivity contribution in [2.24, 2.45) is 5.73 Å². The van der Waals surface area contributed by atoms with Gasteiger partial charge in [-0.3, -0.25) is 4.79 Å². The first-order chi connectivity index (χ1) is 8.91. The monoisotopic (exact) mass is 286 g/mol. The molecule has 0 aliphatic carbocycles. The lowest BCUT2D eigenvalue weighted by Gasteiger charge is -2.19. The third-order valence-corrected chi connectivity index (χ3v) is 4.98. The van der Waals surface area contributed by atoms with Crippen molar-refractivity contribution in [1.29, 1.82) is 0 Å². The van der Waals surface area contributed by atoms with Crippen LogP contribution in [0.25, 0.3) is 0 Å². The predicted molar refractivity (Wildman–Crippen MR) is 67.4 cm³/mol. The second-order valence-electron chi connectivity index (χ2n) is 4.51. The number of Topliss-reactive ketones (excluding diaryl/α,β-unsaturated/α-hetero) is 1. The number of rotatable bonds is 2. The van der Waals surface area contributed by atoms with Crippen molar-refractivity contribution in [1.82, 2.24) is 4.31 Å². The van der Waals surface area contributed by atoms with Crippen LogP contribution in [0.15, 0.2) is 29.2 Å². The highest BCUT2D eigenvalue weighted by atomic mass is 32.2. The molecule has 7 heteroatoms. The average molecular weight is 286 g/mol. The predicted octanol–water partition coefficient (Wildman–Crippen LogP) is 0.507. The molecule has 1 heterocycles. The van der Waals surface area contributed by atoms with Gasteiger partial charge in [0, 0.05) is 6.54 Å². The van der Waals surface area contributed by atoms with E-state index in [2.05, 4.69) is 0 Å². The molecule has 5 nitrogen and oxygen atoms in total. The van der Waals surface area contributed by atoms with Gasteiger partial charge < -0.3 is 5.73 Å². The van der Waals surface area contributed by atoms with Gasteiger partial charge in [0.1, 0.15) is 5.82 Å². The van der Waals surface area contributed by atoms with E-state index >= 15 is 0 Å². The largest absolute Gasteiger partial charge is 0.321 e. The number of nitrogens with two attached hydrogens (primary N) is 1. The highest BCUT2D eigenvalue weighted by Crippen LogP contribution is 2.19. The van der Waals surface area contributed by atoms with Crippen molar-refractivity contribution in [2.75, 3.05) is 13.1 Å². The first-order valence-electron chi connectivity index (χ1n) is 5.95.